The van der Waals surface area contributed by atoms with E-state index in [1.807, 2.05) is 12.2 Å². The zero-order chi connectivity index (χ0) is 21.3. The number of ketones is 1. The fourth-order valence-electron chi connectivity index (χ4n) is 7.44. The molecular formula is C27H37NO2. The van der Waals surface area contributed by atoms with Crippen LogP contribution < -0.4 is 0 Å². The Balaban J connectivity index is 1.50. The number of fused-ring (bicyclic) bond motifs is 5. The number of aliphatic imine (C=N–C) groups is 1. The number of allylic oxidation sites excluding steroid dienone is 6. The van der Waals surface area contributed by atoms with Crippen LogP contribution in [-0.2, 0) is 4.79 Å². The third-order valence-electron chi connectivity index (χ3n) is 8.79. The smallest absolute Gasteiger partial charge is 0.159 e. The van der Waals surface area contributed by atoms with Crippen LogP contribution in [0.4, 0.5) is 0 Å². The van der Waals surface area contributed by atoms with Crippen LogP contribution in [0.3, 0.4) is 0 Å². The van der Waals surface area contributed by atoms with Crippen LogP contribution in [0.5, 0.6) is 0 Å². The normalized spacial score (nSPS) is 41.3. The highest BCUT2D eigenvalue weighted by Gasteiger charge is 2.57. The van der Waals surface area contributed by atoms with E-state index in [2.05, 4.69) is 24.6 Å². The number of carbonyl (C=O) groups excluding carboxylic acids is 1. The van der Waals surface area contributed by atoms with Crippen LogP contribution in [0.25, 0.3) is 0 Å². The minimum absolute atomic E-state index is 0.128. The quantitative estimate of drug-likeness (QED) is 0.284. The Bertz CT molecular complexity index is 804. The first-order chi connectivity index (χ1) is 14.5. The molecule has 30 heavy (non-hydrogen) atoms. The molecule has 3 nitrogen and oxygen atoms in total. The Hall–Kier alpha value is -1.74. The van der Waals surface area contributed by atoms with Crippen molar-refractivity contribution in [1.29, 1.82) is 0 Å². The molecule has 0 radical (unpaired) electrons. The summed E-state index contributed by atoms with van der Waals surface area (Å²) in [5.41, 5.74) is 2.57. The molecule has 3 heteroatoms. The van der Waals surface area contributed by atoms with E-state index >= 15 is 0 Å². The lowest BCUT2D eigenvalue weighted by Gasteiger charge is -2.53. The highest BCUT2D eigenvalue weighted by molar-refractivity contribution is 5.95. The van der Waals surface area contributed by atoms with Gasteiger partial charge in [-0.15, -0.1) is 0 Å². The van der Waals surface area contributed by atoms with Crippen LogP contribution in [0.15, 0.2) is 53.1 Å². The van der Waals surface area contributed by atoms with Crippen LogP contribution in [0.1, 0.15) is 58.3 Å². The van der Waals surface area contributed by atoms with Crippen molar-refractivity contribution in [2.75, 3.05) is 7.05 Å². The van der Waals surface area contributed by atoms with Gasteiger partial charge in [-0.3, -0.25) is 9.79 Å². The molecule has 0 aliphatic heterocycles. The second kappa shape index (κ2) is 8.78. The van der Waals surface area contributed by atoms with E-state index in [0.717, 1.165) is 49.5 Å². The van der Waals surface area contributed by atoms with Crippen LogP contribution in [-0.4, -0.2) is 30.3 Å². The van der Waals surface area contributed by atoms with Crippen LogP contribution >= 0.6 is 0 Å². The molecule has 0 heterocycles. The minimum atomic E-state index is -0.129. The predicted octanol–water partition coefficient (Wildman–Crippen LogP) is 5.47. The van der Waals surface area contributed by atoms with Crippen molar-refractivity contribution in [3.8, 4) is 0 Å². The van der Waals surface area contributed by atoms with Gasteiger partial charge in [-0.05, 0) is 98.2 Å². The number of nitrogens with zero attached hydrogens (tertiary/aromatic N) is 1. The first-order valence-electron chi connectivity index (χ1n) is 11.8. The zero-order valence-corrected chi connectivity index (χ0v) is 18.6. The van der Waals surface area contributed by atoms with Crippen LogP contribution in [0.2, 0.25) is 0 Å². The summed E-state index contributed by atoms with van der Waals surface area (Å²) in [6.07, 6.45) is 20.2. The Morgan fingerprint density at radius 3 is 2.80 bits per heavy atom. The van der Waals surface area contributed by atoms with Gasteiger partial charge in [-0.25, -0.2) is 0 Å². The Morgan fingerprint density at radius 2 is 2.03 bits per heavy atom. The summed E-state index contributed by atoms with van der Waals surface area (Å²) < 4.78 is 0. The molecule has 3 saturated carbocycles. The monoisotopic (exact) mass is 407 g/mol. The first-order valence-corrected chi connectivity index (χ1v) is 11.8. The number of aliphatic hydroxyl groups is 1. The van der Waals surface area contributed by atoms with E-state index in [-0.39, 0.29) is 23.2 Å². The van der Waals surface area contributed by atoms with Gasteiger partial charge in [0.25, 0.3) is 0 Å². The van der Waals surface area contributed by atoms with Gasteiger partial charge in [0.1, 0.15) is 0 Å². The molecule has 0 spiro atoms. The summed E-state index contributed by atoms with van der Waals surface area (Å²) in [6.45, 7) is 6.15. The Labute approximate surface area is 181 Å². The van der Waals surface area contributed by atoms with Crippen molar-refractivity contribution in [3.05, 3.63) is 48.1 Å². The molecule has 4 rings (SSSR count). The first kappa shape index (κ1) is 21.5. The molecule has 162 valence electrons. The fourth-order valence-corrected chi connectivity index (χ4v) is 7.44. The molecule has 3 fully saturated rings. The molecule has 0 saturated heterocycles. The summed E-state index contributed by atoms with van der Waals surface area (Å²) in [5.74, 6) is 3.25. The molecule has 7 unspecified atom stereocenters. The Kier molecular flexibility index (Phi) is 6.29. The predicted molar refractivity (Wildman–Crippen MR) is 123 cm³/mol. The van der Waals surface area contributed by atoms with Gasteiger partial charge in [0.05, 0.1) is 6.10 Å². The summed E-state index contributed by atoms with van der Waals surface area (Å²) in [7, 11) is 1.74. The molecule has 1 N–H and O–H groups in total. The Morgan fingerprint density at radius 1 is 1.20 bits per heavy atom. The maximum atomic E-state index is 13.2. The topological polar surface area (TPSA) is 49.7 Å². The molecule has 7 atom stereocenters. The second-order valence-electron chi connectivity index (χ2n) is 10.2. The van der Waals surface area contributed by atoms with E-state index < -0.39 is 0 Å². The van der Waals surface area contributed by atoms with E-state index in [1.54, 1.807) is 25.4 Å². The molecule has 4 aliphatic carbocycles. The summed E-state index contributed by atoms with van der Waals surface area (Å²) >= 11 is 0. The third-order valence-corrected chi connectivity index (χ3v) is 8.79. The average molecular weight is 408 g/mol. The second-order valence-corrected chi connectivity index (χ2v) is 10.2. The average Bonchev–Trinajstić information content (AvgIpc) is 3.09. The maximum absolute atomic E-state index is 13.2. The molecule has 4 aliphatic rings. The molecule has 0 bridgehead atoms. The standard InChI is InChI=1S/C27H37NO2/c1-4-5-18(17-28-3)6-13-26(30)25-12-11-24-23-9-7-19-16-20(29)8-10-21(19)22(23)14-15-27(24,25)2/h4-7,13,17,20-25,29H,1,8-12,14-16H2,2-3H3/b13-6+,18-5-,28-17?. The van der Waals surface area contributed by atoms with Crippen molar-refractivity contribution >= 4 is 12.0 Å². The van der Waals surface area contributed by atoms with Gasteiger partial charge in [-0.1, -0.05) is 37.3 Å². The van der Waals surface area contributed by atoms with Gasteiger partial charge < -0.3 is 5.11 Å². The molecule has 0 aromatic carbocycles. The molecule has 0 aromatic rings. The highest BCUT2D eigenvalue weighted by Crippen LogP contribution is 2.63. The number of hydrogen-bond donors (Lipinski definition) is 1. The SMILES string of the molecule is C=C/C=C(C=NC)/C=C/C(=O)C1CCC2C3CC=C4CC(O)CCC4C3CCC12C. The van der Waals surface area contributed by atoms with Gasteiger partial charge in [0.15, 0.2) is 5.78 Å². The van der Waals surface area contributed by atoms with E-state index in [0.29, 0.717) is 11.8 Å². The van der Waals surface area contributed by atoms with Crippen molar-refractivity contribution in [1.82, 2.24) is 0 Å². The summed E-state index contributed by atoms with van der Waals surface area (Å²) in [4.78, 5) is 17.3. The maximum Gasteiger partial charge on any atom is 0.159 e. The van der Waals surface area contributed by atoms with E-state index in [4.69, 9.17) is 0 Å². The number of rotatable bonds is 5. The van der Waals surface area contributed by atoms with Crippen molar-refractivity contribution in [2.24, 2.45) is 40.0 Å². The minimum Gasteiger partial charge on any atom is -0.393 e. The van der Waals surface area contributed by atoms with E-state index in [9.17, 15) is 9.90 Å². The highest BCUT2D eigenvalue weighted by atomic mass is 16.3. The van der Waals surface area contributed by atoms with Gasteiger partial charge in [0.2, 0.25) is 0 Å². The lowest BCUT2D eigenvalue weighted by Crippen LogP contribution is -2.47. The molecule has 0 aromatic heterocycles. The van der Waals surface area contributed by atoms with Gasteiger partial charge in [0, 0.05) is 19.2 Å². The van der Waals surface area contributed by atoms with Gasteiger partial charge >= 0.3 is 0 Å². The van der Waals surface area contributed by atoms with Crippen LogP contribution in [0, 0.1) is 35.0 Å². The largest absolute Gasteiger partial charge is 0.393 e. The lowest BCUT2D eigenvalue weighted by atomic mass is 9.51. The summed E-state index contributed by atoms with van der Waals surface area (Å²) in [5, 5.41) is 10.1. The van der Waals surface area contributed by atoms with Crippen molar-refractivity contribution < 1.29 is 9.90 Å². The summed E-state index contributed by atoms with van der Waals surface area (Å²) in [6, 6.07) is 0. The number of carbonyl (C=O) groups is 1. The van der Waals surface area contributed by atoms with E-state index in [1.165, 1.54) is 24.8 Å². The number of hydrogen-bond acceptors (Lipinski definition) is 3. The fraction of sp³-hybridized carbons (Fsp3) is 0.630. The van der Waals surface area contributed by atoms with Crippen molar-refractivity contribution in [2.45, 2.75) is 64.4 Å². The number of aliphatic hydroxyl groups excluding tert-OH is 1. The lowest BCUT2D eigenvalue weighted by molar-refractivity contribution is -0.124. The van der Waals surface area contributed by atoms with Crippen molar-refractivity contribution in [3.63, 3.8) is 0 Å². The zero-order valence-electron chi connectivity index (χ0n) is 18.6. The molecular weight excluding hydrogens is 370 g/mol. The third kappa shape index (κ3) is 3.82. The van der Waals surface area contributed by atoms with Gasteiger partial charge in [-0.2, -0.15) is 0 Å². The molecule has 0 amide bonds.